The predicted molar refractivity (Wildman–Crippen MR) is 90.5 cm³/mol. The van der Waals surface area contributed by atoms with E-state index < -0.39 is 0 Å². The quantitative estimate of drug-likeness (QED) is 0.920. The zero-order chi connectivity index (χ0) is 14.2. The van der Waals surface area contributed by atoms with Crippen molar-refractivity contribution >= 4 is 38.4 Å². The molecule has 2 aromatic rings. The molecule has 0 atom stereocenters. The minimum absolute atomic E-state index is 0.421. The van der Waals surface area contributed by atoms with Crippen molar-refractivity contribution in [3.05, 3.63) is 23.8 Å². The molecule has 0 radical (unpaired) electrons. The van der Waals surface area contributed by atoms with Crippen molar-refractivity contribution in [3.63, 3.8) is 0 Å². The van der Waals surface area contributed by atoms with Crippen molar-refractivity contribution in [1.29, 1.82) is 0 Å². The number of hydrogen-bond acceptors (Lipinski definition) is 5. The highest BCUT2D eigenvalue weighted by Gasteiger charge is 2.23. The molecule has 0 spiro atoms. The highest BCUT2D eigenvalue weighted by atomic mass is 32.2. The van der Waals surface area contributed by atoms with Crippen LogP contribution in [0.5, 0.6) is 0 Å². The van der Waals surface area contributed by atoms with Crippen molar-refractivity contribution in [2.75, 3.05) is 24.6 Å². The van der Waals surface area contributed by atoms with Crippen molar-refractivity contribution in [2.45, 2.75) is 31.6 Å². The van der Waals surface area contributed by atoms with E-state index in [1.54, 1.807) is 11.3 Å². The fraction of sp³-hybridized carbons (Fsp3) is 0.533. The van der Waals surface area contributed by atoms with Crippen LogP contribution in [0.4, 0.5) is 5.13 Å². The highest BCUT2D eigenvalue weighted by Crippen LogP contribution is 2.31. The third-order valence-corrected chi connectivity index (χ3v) is 6.03. The van der Waals surface area contributed by atoms with Crippen molar-refractivity contribution in [1.82, 2.24) is 9.88 Å². The first-order chi connectivity index (χ1) is 9.52. The predicted octanol–water partition coefficient (Wildman–Crippen LogP) is 3.60. The standard InChI is InChI=1S/C15H21N3S2/c1-15(2)5-6-18(7-8-19-15)10-11-3-4-12-13(9-11)20-14(16)17-12/h3-4,9H,5-8,10H2,1-2H3,(H2,16,17). The van der Waals surface area contributed by atoms with E-state index in [1.807, 2.05) is 0 Å². The second-order valence-electron chi connectivity index (χ2n) is 5.99. The minimum atomic E-state index is 0.421. The number of thiazole rings is 1. The first-order valence-corrected chi connectivity index (χ1v) is 8.83. The number of hydrogen-bond donors (Lipinski definition) is 1. The van der Waals surface area contributed by atoms with E-state index in [2.05, 4.69) is 53.7 Å². The second-order valence-corrected chi connectivity index (χ2v) is 8.85. The van der Waals surface area contributed by atoms with E-state index >= 15 is 0 Å². The Morgan fingerprint density at radius 1 is 1.35 bits per heavy atom. The van der Waals surface area contributed by atoms with E-state index in [1.165, 1.54) is 35.5 Å². The average Bonchev–Trinajstić information content (AvgIpc) is 2.66. The van der Waals surface area contributed by atoms with E-state index in [0.717, 1.165) is 12.1 Å². The van der Waals surface area contributed by atoms with Crippen molar-refractivity contribution in [2.24, 2.45) is 0 Å². The third kappa shape index (κ3) is 3.27. The topological polar surface area (TPSA) is 42.2 Å². The maximum atomic E-state index is 5.77. The molecule has 108 valence electrons. The molecule has 0 aliphatic carbocycles. The van der Waals surface area contributed by atoms with E-state index in [4.69, 9.17) is 5.73 Å². The van der Waals surface area contributed by atoms with Crippen LogP contribution >= 0.6 is 23.1 Å². The Kier molecular flexibility index (Phi) is 3.93. The summed E-state index contributed by atoms with van der Waals surface area (Å²) in [6.45, 7) is 8.10. The molecule has 2 N–H and O–H groups in total. The van der Waals surface area contributed by atoms with E-state index in [0.29, 0.717) is 9.88 Å². The SMILES string of the molecule is CC1(C)CCN(Cc2ccc3nc(N)sc3c2)CCS1. The number of benzene rings is 1. The van der Waals surface area contributed by atoms with Gasteiger partial charge in [0.05, 0.1) is 10.2 Å². The van der Waals surface area contributed by atoms with Crippen molar-refractivity contribution < 1.29 is 0 Å². The fourth-order valence-electron chi connectivity index (χ4n) is 2.56. The maximum absolute atomic E-state index is 5.77. The number of thioether (sulfide) groups is 1. The van der Waals surface area contributed by atoms with Gasteiger partial charge in [-0.3, -0.25) is 4.90 Å². The van der Waals surface area contributed by atoms with E-state index in [-0.39, 0.29) is 0 Å². The van der Waals surface area contributed by atoms with Crippen LogP contribution in [0.1, 0.15) is 25.8 Å². The van der Waals surface area contributed by atoms with Gasteiger partial charge in [0.25, 0.3) is 0 Å². The molecule has 1 aliphatic rings. The van der Waals surface area contributed by atoms with Crippen LogP contribution in [0.15, 0.2) is 18.2 Å². The molecule has 5 heteroatoms. The number of aromatic nitrogens is 1. The van der Waals surface area contributed by atoms with E-state index in [9.17, 15) is 0 Å². The molecule has 0 saturated carbocycles. The van der Waals surface area contributed by atoms with Gasteiger partial charge in [-0.15, -0.1) is 0 Å². The van der Waals surface area contributed by atoms with Gasteiger partial charge in [-0.2, -0.15) is 11.8 Å². The average molecular weight is 307 g/mol. The van der Waals surface area contributed by atoms with Crippen LogP contribution in [-0.2, 0) is 6.54 Å². The first kappa shape index (κ1) is 14.2. The number of fused-ring (bicyclic) bond motifs is 1. The lowest BCUT2D eigenvalue weighted by Gasteiger charge is -2.22. The van der Waals surface area contributed by atoms with Crippen LogP contribution in [0.3, 0.4) is 0 Å². The molecule has 0 amide bonds. The van der Waals surface area contributed by atoms with Gasteiger partial charge in [0, 0.05) is 23.6 Å². The van der Waals surface area contributed by atoms with Crippen LogP contribution in [-0.4, -0.2) is 33.5 Å². The summed E-state index contributed by atoms with van der Waals surface area (Å²) in [4.78, 5) is 6.88. The molecule has 1 aromatic heterocycles. The Labute approximate surface area is 128 Å². The summed E-state index contributed by atoms with van der Waals surface area (Å²) in [7, 11) is 0. The summed E-state index contributed by atoms with van der Waals surface area (Å²) in [5.74, 6) is 1.22. The van der Waals surface area contributed by atoms with Gasteiger partial charge in [0.2, 0.25) is 0 Å². The Morgan fingerprint density at radius 2 is 2.20 bits per heavy atom. The molecule has 3 rings (SSSR count). The maximum Gasteiger partial charge on any atom is 0.181 e. The summed E-state index contributed by atoms with van der Waals surface area (Å²) in [6.07, 6.45) is 1.26. The Morgan fingerprint density at radius 3 is 3.05 bits per heavy atom. The molecule has 1 aliphatic heterocycles. The smallest absolute Gasteiger partial charge is 0.181 e. The van der Waals surface area contributed by atoms with Gasteiger partial charge < -0.3 is 5.73 Å². The largest absolute Gasteiger partial charge is 0.375 e. The van der Waals surface area contributed by atoms with Crippen molar-refractivity contribution in [3.8, 4) is 0 Å². The lowest BCUT2D eigenvalue weighted by atomic mass is 10.1. The highest BCUT2D eigenvalue weighted by molar-refractivity contribution is 8.00. The number of nitrogens with two attached hydrogens (primary N) is 1. The zero-order valence-corrected chi connectivity index (χ0v) is 13.7. The summed E-state index contributed by atoms with van der Waals surface area (Å²) in [5, 5.41) is 0.657. The molecular weight excluding hydrogens is 286 g/mol. The molecule has 2 heterocycles. The number of nitrogen functional groups attached to an aromatic ring is 1. The second kappa shape index (κ2) is 5.54. The summed E-state index contributed by atoms with van der Waals surface area (Å²) >= 11 is 3.67. The van der Waals surface area contributed by atoms with Gasteiger partial charge in [-0.25, -0.2) is 4.98 Å². The molecule has 1 saturated heterocycles. The Balaban J connectivity index is 1.72. The molecule has 1 fully saturated rings. The Bertz CT molecular complexity index is 606. The summed E-state index contributed by atoms with van der Waals surface area (Å²) in [5.41, 5.74) is 8.15. The first-order valence-electron chi connectivity index (χ1n) is 7.03. The van der Waals surface area contributed by atoms with Gasteiger partial charge >= 0.3 is 0 Å². The third-order valence-electron chi connectivity index (χ3n) is 3.81. The summed E-state index contributed by atoms with van der Waals surface area (Å²) in [6, 6.07) is 6.52. The van der Waals surface area contributed by atoms with Crippen LogP contribution in [0, 0.1) is 0 Å². The van der Waals surface area contributed by atoms with Crippen LogP contribution in [0.2, 0.25) is 0 Å². The molecule has 3 nitrogen and oxygen atoms in total. The van der Waals surface area contributed by atoms with Crippen LogP contribution in [0.25, 0.3) is 10.2 Å². The number of nitrogens with zero attached hydrogens (tertiary/aromatic N) is 2. The van der Waals surface area contributed by atoms with Crippen LogP contribution < -0.4 is 5.73 Å². The van der Waals surface area contributed by atoms with Gasteiger partial charge in [0.1, 0.15) is 0 Å². The number of rotatable bonds is 2. The molecule has 0 bridgehead atoms. The van der Waals surface area contributed by atoms with Gasteiger partial charge in [-0.05, 0) is 30.7 Å². The summed E-state index contributed by atoms with van der Waals surface area (Å²) < 4.78 is 1.62. The normalized spacial score (nSPS) is 20.1. The zero-order valence-electron chi connectivity index (χ0n) is 12.1. The van der Waals surface area contributed by atoms with Gasteiger partial charge in [0.15, 0.2) is 5.13 Å². The minimum Gasteiger partial charge on any atom is -0.375 e. The lowest BCUT2D eigenvalue weighted by molar-refractivity contribution is 0.276. The lowest BCUT2D eigenvalue weighted by Crippen LogP contribution is -2.26. The van der Waals surface area contributed by atoms with Gasteiger partial charge in [-0.1, -0.05) is 31.3 Å². The molecule has 0 unspecified atom stereocenters. The molecular formula is C15H21N3S2. The monoisotopic (exact) mass is 307 g/mol. The Hall–Kier alpha value is -0.780. The number of anilines is 1. The molecule has 20 heavy (non-hydrogen) atoms. The fourth-order valence-corrected chi connectivity index (χ4v) is 4.50. The molecule has 1 aromatic carbocycles.